The third kappa shape index (κ3) is 7.13. The number of carbonyl (C=O) groups is 1. The Hall–Kier alpha value is -0.870. The third-order valence-electron chi connectivity index (χ3n) is 2.36. The van der Waals surface area contributed by atoms with Crippen LogP contribution in [0, 0.1) is 0 Å². The average Bonchev–Trinajstić information content (AvgIpc) is 2.30. The van der Waals surface area contributed by atoms with E-state index < -0.39 is 5.97 Å². The summed E-state index contributed by atoms with van der Waals surface area (Å²) in [5.74, 6) is -0.721. The van der Waals surface area contributed by atoms with E-state index in [1.165, 1.54) is 0 Å². The van der Waals surface area contributed by atoms with Crippen LogP contribution in [0.4, 0.5) is 0 Å². The maximum Gasteiger partial charge on any atom is 0.303 e. The van der Waals surface area contributed by atoms with Crippen LogP contribution in [0.1, 0.15) is 31.2 Å². The molecule has 1 aromatic carbocycles. The first kappa shape index (κ1) is 14.2. The van der Waals surface area contributed by atoms with Crippen molar-refractivity contribution in [2.24, 2.45) is 0 Å². The fourth-order valence-electron chi connectivity index (χ4n) is 1.43. The van der Waals surface area contributed by atoms with E-state index in [0.29, 0.717) is 13.2 Å². The van der Waals surface area contributed by atoms with Crippen molar-refractivity contribution in [2.75, 3.05) is 6.61 Å². The highest BCUT2D eigenvalue weighted by Crippen LogP contribution is 2.11. The molecule has 0 heterocycles. The number of unbranched alkanes of at least 4 members (excludes halogenated alkanes) is 2. The summed E-state index contributed by atoms with van der Waals surface area (Å²) in [4.78, 5) is 10.3. The van der Waals surface area contributed by atoms with Crippen LogP contribution in [0.2, 0.25) is 0 Å². The number of carboxylic acid groups (broad SMARTS) is 1. The van der Waals surface area contributed by atoms with Gasteiger partial charge in [0.05, 0.1) is 6.61 Å². The molecule has 1 N–H and O–H groups in total. The van der Waals surface area contributed by atoms with Gasteiger partial charge < -0.3 is 9.84 Å². The van der Waals surface area contributed by atoms with Crippen molar-refractivity contribution in [1.82, 2.24) is 0 Å². The molecule has 17 heavy (non-hydrogen) atoms. The van der Waals surface area contributed by atoms with Crippen LogP contribution in [0.5, 0.6) is 0 Å². The van der Waals surface area contributed by atoms with Gasteiger partial charge in [0.2, 0.25) is 0 Å². The van der Waals surface area contributed by atoms with Gasteiger partial charge in [0.25, 0.3) is 0 Å². The Balaban J connectivity index is 2.01. The van der Waals surface area contributed by atoms with Crippen LogP contribution < -0.4 is 0 Å². The van der Waals surface area contributed by atoms with Gasteiger partial charge in [-0.3, -0.25) is 4.79 Å². The van der Waals surface area contributed by atoms with Crippen LogP contribution in [0.3, 0.4) is 0 Å². The van der Waals surface area contributed by atoms with E-state index in [1.54, 1.807) is 0 Å². The predicted octanol–water partition coefficient (Wildman–Crippen LogP) is 3.61. The predicted molar refractivity (Wildman–Crippen MR) is 69.9 cm³/mol. The zero-order chi connectivity index (χ0) is 12.5. The lowest BCUT2D eigenvalue weighted by Gasteiger charge is -2.04. The zero-order valence-corrected chi connectivity index (χ0v) is 11.3. The summed E-state index contributed by atoms with van der Waals surface area (Å²) in [5, 5.41) is 8.45. The monoisotopic (exact) mass is 300 g/mol. The molecule has 0 fully saturated rings. The number of benzene rings is 1. The van der Waals surface area contributed by atoms with Crippen LogP contribution in [0.15, 0.2) is 28.7 Å². The largest absolute Gasteiger partial charge is 0.481 e. The summed E-state index contributed by atoms with van der Waals surface area (Å²) >= 11 is 3.38. The van der Waals surface area contributed by atoms with Crippen molar-refractivity contribution < 1.29 is 14.6 Å². The molecule has 1 rings (SSSR count). The van der Waals surface area contributed by atoms with E-state index >= 15 is 0 Å². The first-order valence-electron chi connectivity index (χ1n) is 5.72. The molecule has 0 bridgehead atoms. The number of halogens is 1. The lowest BCUT2D eigenvalue weighted by atomic mass is 10.2. The smallest absolute Gasteiger partial charge is 0.303 e. The van der Waals surface area contributed by atoms with Gasteiger partial charge in [0, 0.05) is 17.5 Å². The van der Waals surface area contributed by atoms with Crippen molar-refractivity contribution in [3.05, 3.63) is 34.3 Å². The molecule has 0 atom stereocenters. The lowest BCUT2D eigenvalue weighted by molar-refractivity contribution is -0.137. The first-order valence-corrected chi connectivity index (χ1v) is 6.52. The highest BCUT2D eigenvalue weighted by atomic mass is 79.9. The van der Waals surface area contributed by atoms with Gasteiger partial charge >= 0.3 is 5.97 Å². The molecule has 0 saturated carbocycles. The molecule has 0 aliphatic heterocycles. The summed E-state index contributed by atoms with van der Waals surface area (Å²) in [7, 11) is 0. The molecule has 3 nitrogen and oxygen atoms in total. The third-order valence-corrected chi connectivity index (χ3v) is 2.89. The average molecular weight is 301 g/mol. The topological polar surface area (TPSA) is 46.5 Å². The van der Waals surface area contributed by atoms with Crippen LogP contribution in [-0.4, -0.2) is 17.7 Å². The van der Waals surface area contributed by atoms with Crippen molar-refractivity contribution in [3.63, 3.8) is 0 Å². The van der Waals surface area contributed by atoms with Gasteiger partial charge in [0.15, 0.2) is 0 Å². The quantitative estimate of drug-likeness (QED) is 0.746. The van der Waals surface area contributed by atoms with E-state index in [0.717, 1.165) is 29.3 Å². The molecule has 94 valence electrons. The second-order valence-electron chi connectivity index (χ2n) is 3.88. The van der Waals surface area contributed by atoms with E-state index in [1.807, 2.05) is 24.3 Å². The zero-order valence-electron chi connectivity index (χ0n) is 9.69. The highest BCUT2D eigenvalue weighted by Gasteiger charge is 1.97. The minimum Gasteiger partial charge on any atom is -0.481 e. The van der Waals surface area contributed by atoms with Crippen molar-refractivity contribution in [1.29, 1.82) is 0 Å². The minimum absolute atomic E-state index is 0.257. The summed E-state index contributed by atoms with van der Waals surface area (Å²) in [6, 6.07) is 8.03. The number of ether oxygens (including phenoxy) is 1. The normalized spacial score (nSPS) is 10.4. The van der Waals surface area contributed by atoms with Crippen LogP contribution in [0.25, 0.3) is 0 Å². The summed E-state index contributed by atoms with van der Waals surface area (Å²) in [5.41, 5.74) is 1.15. The summed E-state index contributed by atoms with van der Waals surface area (Å²) < 4.78 is 6.57. The maximum absolute atomic E-state index is 10.3. The maximum atomic E-state index is 10.3. The Morgan fingerprint density at radius 3 is 2.53 bits per heavy atom. The molecule has 0 aliphatic carbocycles. The Bertz CT molecular complexity index is 335. The fraction of sp³-hybridized carbons (Fsp3) is 0.462. The summed E-state index contributed by atoms with van der Waals surface area (Å²) in [6.45, 7) is 1.31. The van der Waals surface area contributed by atoms with Gasteiger partial charge in [-0.2, -0.15) is 0 Å². The number of hydrogen-bond acceptors (Lipinski definition) is 2. The Morgan fingerprint density at radius 1 is 1.18 bits per heavy atom. The van der Waals surface area contributed by atoms with E-state index in [2.05, 4.69) is 15.9 Å². The molecule has 0 spiro atoms. The molecule has 0 saturated heterocycles. The highest BCUT2D eigenvalue weighted by molar-refractivity contribution is 9.10. The van der Waals surface area contributed by atoms with Gasteiger partial charge in [-0.15, -0.1) is 0 Å². The number of hydrogen-bond donors (Lipinski definition) is 1. The molecular formula is C13H17BrO3. The molecule has 0 unspecified atom stereocenters. The van der Waals surface area contributed by atoms with Crippen molar-refractivity contribution >= 4 is 21.9 Å². The molecule has 0 aromatic heterocycles. The molecule has 1 aromatic rings. The molecule has 0 amide bonds. The Kier molecular flexibility index (Phi) is 6.89. The fourth-order valence-corrected chi connectivity index (χ4v) is 1.69. The van der Waals surface area contributed by atoms with Gasteiger partial charge in [-0.25, -0.2) is 0 Å². The number of rotatable bonds is 8. The molecule has 4 heteroatoms. The van der Waals surface area contributed by atoms with Gasteiger partial charge in [-0.1, -0.05) is 34.5 Å². The lowest BCUT2D eigenvalue weighted by Crippen LogP contribution is -1.97. The summed E-state index contributed by atoms with van der Waals surface area (Å²) in [6.07, 6.45) is 2.82. The van der Waals surface area contributed by atoms with E-state index in [4.69, 9.17) is 9.84 Å². The SMILES string of the molecule is O=C(O)CCCCCOCc1ccc(Br)cc1. The second kappa shape index (κ2) is 8.25. The standard InChI is InChI=1S/C13H17BrO3/c14-12-7-5-11(6-8-12)10-17-9-3-1-2-4-13(15)16/h5-8H,1-4,9-10H2,(H,15,16). The molecule has 0 radical (unpaired) electrons. The Morgan fingerprint density at radius 2 is 1.88 bits per heavy atom. The van der Waals surface area contributed by atoms with Gasteiger partial charge in [0.1, 0.15) is 0 Å². The molecular weight excluding hydrogens is 284 g/mol. The van der Waals surface area contributed by atoms with Crippen molar-refractivity contribution in [3.8, 4) is 0 Å². The number of carboxylic acids is 1. The first-order chi connectivity index (χ1) is 8.18. The van der Waals surface area contributed by atoms with Crippen molar-refractivity contribution in [2.45, 2.75) is 32.3 Å². The number of aliphatic carboxylic acids is 1. The Labute approximate surface area is 110 Å². The van der Waals surface area contributed by atoms with E-state index in [-0.39, 0.29) is 6.42 Å². The molecule has 0 aliphatic rings. The van der Waals surface area contributed by atoms with E-state index in [9.17, 15) is 4.79 Å². The van der Waals surface area contributed by atoms with Crippen LogP contribution in [-0.2, 0) is 16.1 Å². The minimum atomic E-state index is -0.721. The van der Waals surface area contributed by atoms with Gasteiger partial charge in [-0.05, 0) is 30.5 Å². The second-order valence-corrected chi connectivity index (χ2v) is 4.80. The van der Waals surface area contributed by atoms with Crippen LogP contribution >= 0.6 is 15.9 Å².